The quantitative estimate of drug-likeness (QED) is 0.522. The summed E-state index contributed by atoms with van der Waals surface area (Å²) in [6, 6.07) is 2.13. The molecule has 0 unspecified atom stereocenters. The van der Waals surface area contributed by atoms with Gasteiger partial charge in [-0.25, -0.2) is 4.98 Å². The van der Waals surface area contributed by atoms with E-state index in [9.17, 15) is 0 Å². The maximum absolute atomic E-state index is 8.78. The minimum absolute atomic E-state index is 0. The Kier molecular flexibility index (Phi) is 6.86. The highest BCUT2D eigenvalue weighted by Gasteiger charge is 2.11. The summed E-state index contributed by atoms with van der Waals surface area (Å²) in [5.41, 5.74) is 5.77. The van der Waals surface area contributed by atoms with Crippen LogP contribution in [0.1, 0.15) is 48.5 Å². The van der Waals surface area contributed by atoms with Crippen LogP contribution < -0.4 is 0 Å². The smallest absolute Gasteiger partial charge is 0.105 e. The number of aryl methyl sites for hydroxylation is 3. The highest BCUT2D eigenvalue weighted by atomic mass is 16.4. The Bertz CT molecular complexity index is 627. The van der Waals surface area contributed by atoms with E-state index in [1.807, 2.05) is 26.2 Å². The van der Waals surface area contributed by atoms with Gasteiger partial charge in [-0.2, -0.15) is 0 Å². The second-order valence-electron chi connectivity index (χ2n) is 4.87. The molecule has 0 radical (unpaired) electrons. The Balaban J connectivity index is 0.00000200. The van der Waals surface area contributed by atoms with Crippen LogP contribution >= 0.6 is 0 Å². The fourth-order valence-electron chi connectivity index (χ4n) is 2.48. The minimum Gasteiger partial charge on any atom is -0.411 e. The van der Waals surface area contributed by atoms with Crippen LogP contribution in [0.25, 0.3) is 0 Å². The zero-order valence-corrected chi connectivity index (χ0v) is 11.8. The maximum atomic E-state index is 8.78. The summed E-state index contributed by atoms with van der Waals surface area (Å²) >= 11 is 0. The molecule has 2 rings (SSSR count). The average molecular weight is 289 g/mol. The lowest BCUT2D eigenvalue weighted by Gasteiger charge is -2.16. The van der Waals surface area contributed by atoms with Gasteiger partial charge in [0.2, 0.25) is 0 Å². The van der Waals surface area contributed by atoms with E-state index in [1.54, 1.807) is 0 Å². The molecular formula is C17H27N3O. The fourth-order valence-corrected chi connectivity index (χ4v) is 2.48. The van der Waals surface area contributed by atoms with Crippen LogP contribution in [0, 0.1) is 27.7 Å². The second-order valence-corrected chi connectivity index (χ2v) is 4.87. The molecule has 0 amide bonds. The van der Waals surface area contributed by atoms with E-state index in [0.717, 1.165) is 29.1 Å². The number of oxime groups is 1. The molecule has 116 valence electrons. The normalized spacial score (nSPS) is 10.3. The molecule has 0 saturated carbocycles. The third-order valence-corrected chi connectivity index (χ3v) is 3.63. The zero-order valence-electron chi connectivity index (χ0n) is 11.8. The molecule has 21 heavy (non-hydrogen) atoms. The van der Waals surface area contributed by atoms with Gasteiger partial charge in [0.1, 0.15) is 5.82 Å². The Morgan fingerprint density at radius 2 is 1.86 bits per heavy atom. The van der Waals surface area contributed by atoms with Crippen molar-refractivity contribution in [3.63, 3.8) is 0 Å². The number of hydrogen-bond acceptors (Lipinski definition) is 3. The molecule has 2 aromatic rings. The Morgan fingerprint density at radius 3 is 2.38 bits per heavy atom. The highest BCUT2D eigenvalue weighted by Crippen LogP contribution is 2.22. The van der Waals surface area contributed by atoms with Gasteiger partial charge in [-0.15, -0.1) is 0 Å². The number of nitrogens with zero attached hydrogens (tertiary/aromatic N) is 3. The highest BCUT2D eigenvalue weighted by molar-refractivity contribution is 5.84. The van der Waals surface area contributed by atoms with Crippen molar-refractivity contribution in [1.82, 2.24) is 9.55 Å². The molecule has 1 N–H and O–H groups in total. The van der Waals surface area contributed by atoms with Crippen molar-refractivity contribution >= 4 is 6.21 Å². The average Bonchev–Trinajstić information content (AvgIpc) is 2.76. The number of aromatic nitrogens is 2. The van der Waals surface area contributed by atoms with Crippen molar-refractivity contribution in [2.24, 2.45) is 5.16 Å². The van der Waals surface area contributed by atoms with Gasteiger partial charge in [0.05, 0.1) is 6.21 Å². The lowest BCUT2D eigenvalue weighted by atomic mass is 9.94. The number of imidazole rings is 1. The molecule has 0 atom stereocenters. The van der Waals surface area contributed by atoms with Crippen LogP contribution in [0.5, 0.6) is 0 Å². The summed E-state index contributed by atoms with van der Waals surface area (Å²) in [7, 11) is 0. The monoisotopic (exact) mass is 289 g/mol. The van der Waals surface area contributed by atoms with E-state index in [4.69, 9.17) is 5.21 Å². The van der Waals surface area contributed by atoms with Crippen LogP contribution in [0.2, 0.25) is 0 Å². The summed E-state index contributed by atoms with van der Waals surface area (Å²) < 4.78 is 2.12. The van der Waals surface area contributed by atoms with Gasteiger partial charge in [-0.05, 0) is 49.9 Å². The molecule has 1 aromatic heterocycles. The first-order valence-electron chi connectivity index (χ1n) is 6.29. The van der Waals surface area contributed by atoms with E-state index < -0.39 is 0 Å². The third-order valence-electron chi connectivity index (χ3n) is 3.63. The van der Waals surface area contributed by atoms with Gasteiger partial charge < -0.3 is 9.77 Å². The van der Waals surface area contributed by atoms with Crippen LogP contribution in [0.3, 0.4) is 0 Å². The topological polar surface area (TPSA) is 50.4 Å². The van der Waals surface area contributed by atoms with Crippen molar-refractivity contribution in [1.29, 1.82) is 0 Å². The molecule has 1 heterocycles. The van der Waals surface area contributed by atoms with Crippen molar-refractivity contribution in [2.75, 3.05) is 0 Å². The maximum Gasteiger partial charge on any atom is 0.105 e. The predicted octanol–water partition coefficient (Wildman–Crippen LogP) is 4.25. The molecule has 1 aromatic carbocycles. The van der Waals surface area contributed by atoms with E-state index >= 15 is 0 Å². The summed E-state index contributed by atoms with van der Waals surface area (Å²) in [6.45, 7) is 8.99. The number of benzene rings is 1. The molecule has 0 aliphatic heterocycles. The van der Waals surface area contributed by atoms with Crippen LogP contribution in [-0.4, -0.2) is 21.0 Å². The number of rotatable bonds is 3. The van der Waals surface area contributed by atoms with E-state index in [1.165, 1.54) is 17.3 Å². The van der Waals surface area contributed by atoms with Gasteiger partial charge in [0.25, 0.3) is 0 Å². The molecule has 4 nitrogen and oxygen atoms in total. The van der Waals surface area contributed by atoms with Gasteiger partial charge in [-0.3, -0.25) is 0 Å². The largest absolute Gasteiger partial charge is 0.411 e. The molecule has 0 spiro atoms. The predicted molar refractivity (Wildman–Crippen MR) is 89.6 cm³/mol. The summed E-state index contributed by atoms with van der Waals surface area (Å²) in [5.74, 6) is 0.997. The third kappa shape index (κ3) is 3.72. The van der Waals surface area contributed by atoms with Crippen molar-refractivity contribution in [2.45, 2.75) is 49.1 Å². The first kappa shape index (κ1) is 18.9. The Morgan fingerprint density at radius 1 is 1.19 bits per heavy atom. The standard InChI is InChI=1S/C15H19N3O.2CH4/c1-10-7-11(2)15(12(3)14(10)8-17-19)9-18-6-5-16-13(18)4;;/h5-8,19H,9H2,1-4H3;2*1H4/b17-8+;;. The molecule has 0 aliphatic rings. The van der Waals surface area contributed by atoms with Gasteiger partial charge in [0, 0.05) is 24.5 Å². The summed E-state index contributed by atoms with van der Waals surface area (Å²) in [6.07, 6.45) is 5.30. The van der Waals surface area contributed by atoms with E-state index in [2.05, 4.69) is 34.6 Å². The van der Waals surface area contributed by atoms with Crippen molar-refractivity contribution in [3.8, 4) is 0 Å². The number of hydrogen-bond donors (Lipinski definition) is 1. The first-order chi connectivity index (χ1) is 9.04. The first-order valence-corrected chi connectivity index (χ1v) is 6.29. The molecule has 0 saturated heterocycles. The van der Waals surface area contributed by atoms with Gasteiger partial charge in [0.15, 0.2) is 0 Å². The van der Waals surface area contributed by atoms with Crippen molar-refractivity contribution < 1.29 is 5.21 Å². The van der Waals surface area contributed by atoms with Crippen LogP contribution in [-0.2, 0) is 6.54 Å². The molecule has 0 aliphatic carbocycles. The van der Waals surface area contributed by atoms with E-state index in [0.29, 0.717) is 0 Å². The minimum atomic E-state index is 0. The van der Waals surface area contributed by atoms with E-state index in [-0.39, 0.29) is 14.9 Å². The summed E-state index contributed by atoms with van der Waals surface area (Å²) in [4.78, 5) is 4.25. The molecule has 4 heteroatoms. The molecule has 0 fully saturated rings. The van der Waals surface area contributed by atoms with Gasteiger partial charge in [-0.1, -0.05) is 26.1 Å². The van der Waals surface area contributed by atoms with Gasteiger partial charge >= 0.3 is 0 Å². The molecule has 0 bridgehead atoms. The summed E-state index contributed by atoms with van der Waals surface area (Å²) in [5, 5.41) is 12.0. The Labute approximate surface area is 128 Å². The fraction of sp³-hybridized carbons (Fsp3) is 0.412. The lowest BCUT2D eigenvalue weighted by molar-refractivity contribution is 0.322. The SMILES string of the molecule is C.C.Cc1cc(C)c(Cn2ccnc2C)c(C)c1/C=N/O. The van der Waals surface area contributed by atoms with Crippen molar-refractivity contribution in [3.05, 3.63) is 52.1 Å². The molecular weight excluding hydrogens is 262 g/mol. The Hall–Kier alpha value is -2.10. The zero-order chi connectivity index (χ0) is 14.0. The van der Waals surface area contributed by atoms with Crippen LogP contribution in [0.15, 0.2) is 23.6 Å². The second kappa shape index (κ2) is 7.62. The lowest BCUT2D eigenvalue weighted by Crippen LogP contribution is -2.07. The van der Waals surface area contributed by atoms with Crippen LogP contribution in [0.4, 0.5) is 0 Å².